The molecule has 1 N–H and O–H groups in total. The van der Waals surface area contributed by atoms with Crippen molar-refractivity contribution in [3.8, 4) is 5.75 Å². The molecule has 1 aliphatic heterocycles. The maximum atomic E-state index is 12.4. The highest BCUT2D eigenvalue weighted by Gasteiger charge is 2.34. The van der Waals surface area contributed by atoms with Crippen LogP contribution in [-0.4, -0.2) is 33.8 Å². The molecule has 8 nitrogen and oxygen atoms in total. The number of methoxy groups -OCH3 is 1. The molecule has 8 heteroatoms. The quantitative estimate of drug-likeness (QED) is 0.724. The molecule has 24 heavy (non-hydrogen) atoms. The molecule has 0 fully saturated rings. The van der Waals surface area contributed by atoms with Gasteiger partial charge in [-0.3, -0.25) is 4.79 Å². The number of nitrogens with zero attached hydrogens (tertiary/aromatic N) is 3. The molecule has 0 spiro atoms. The highest BCUT2D eigenvalue weighted by Crippen LogP contribution is 2.38. The fraction of sp³-hybridized carbons (Fsp3) is 0.125. The minimum Gasteiger partial charge on any atom is -0.437 e. The van der Waals surface area contributed by atoms with Gasteiger partial charge in [0.25, 0.3) is 0 Å². The van der Waals surface area contributed by atoms with Gasteiger partial charge >= 0.3 is 6.16 Å². The van der Waals surface area contributed by atoms with E-state index in [0.29, 0.717) is 11.2 Å². The summed E-state index contributed by atoms with van der Waals surface area (Å²) in [6, 6.07) is 9.05. The van der Waals surface area contributed by atoms with Gasteiger partial charge in [0.1, 0.15) is 12.2 Å². The highest BCUT2D eigenvalue weighted by atomic mass is 16.7. The SMILES string of the molecule is COC(=O)Oc1cc2c(C3C(=O)Nc4ccccc43)ncnn2c1. The standard InChI is InChI=1S/C16H12N4O4/c1-23-16(22)24-9-6-12-14(17-8-18-20(12)7-9)13-10-4-2-3-5-11(10)19-15(13)21/h2-8,13H,1H3,(H,19,21). The number of benzene rings is 1. The van der Waals surface area contributed by atoms with Gasteiger partial charge < -0.3 is 14.8 Å². The first-order chi connectivity index (χ1) is 11.7. The lowest BCUT2D eigenvalue weighted by Crippen LogP contribution is -2.15. The van der Waals surface area contributed by atoms with Gasteiger partial charge in [-0.25, -0.2) is 14.3 Å². The number of ether oxygens (including phenoxy) is 2. The average Bonchev–Trinajstić information content (AvgIpc) is 3.13. The van der Waals surface area contributed by atoms with Crippen LogP contribution in [0.2, 0.25) is 0 Å². The molecule has 0 saturated heterocycles. The van der Waals surface area contributed by atoms with Crippen LogP contribution in [0.5, 0.6) is 5.75 Å². The van der Waals surface area contributed by atoms with E-state index in [1.165, 1.54) is 24.1 Å². The van der Waals surface area contributed by atoms with Gasteiger partial charge in [-0.1, -0.05) is 18.2 Å². The molecule has 0 bridgehead atoms. The predicted molar refractivity (Wildman–Crippen MR) is 82.9 cm³/mol. The van der Waals surface area contributed by atoms with Gasteiger partial charge in [0.2, 0.25) is 5.91 Å². The van der Waals surface area contributed by atoms with Crippen molar-refractivity contribution in [2.75, 3.05) is 12.4 Å². The van der Waals surface area contributed by atoms with Crippen LogP contribution in [0, 0.1) is 0 Å². The number of hydrogen-bond acceptors (Lipinski definition) is 6. The minimum absolute atomic E-state index is 0.159. The number of amides is 1. The van der Waals surface area contributed by atoms with Gasteiger partial charge in [-0.05, 0) is 11.6 Å². The second-order valence-corrected chi connectivity index (χ2v) is 5.22. The van der Waals surface area contributed by atoms with Crippen molar-refractivity contribution in [1.82, 2.24) is 14.6 Å². The van der Waals surface area contributed by atoms with Crippen LogP contribution < -0.4 is 10.1 Å². The smallest absolute Gasteiger partial charge is 0.437 e. The van der Waals surface area contributed by atoms with E-state index in [1.807, 2.05) is 24.3 Å². The summed E-state index contributed by atoms with van der Waals surface area (Å²) in [7, 11) is 1.23. The third kappa shape index (κ3) is 2.16. The largest absolute Gasteiger partial charge is 0.513 e. The Bertz CT molecular complexity index is 966. The summed E-state index contributed by atoms with van der Waals surface area (Å²) in [5.74, 6) is -0.448. The highest BCUT2D eigenvalue weighted by molar-refractivity contribution is 6.05. The Morgan fingerprint density at radius 2 is 2.17 bits per heavy atom. The summed E-state index contributed by atoms with van der Waals surface area (Å²) < 4.78 is 11.0. The Labute approximate surface area is 136 Å². The normalized spacial score (nSPS) is 15.9. The Morgan fingerprint density at radius 3 is 3.00 bits per heavy atom. The van der Waals surface area contributed by atoms with Crippen LogP contribution in [0.1, 0.15) is 17.2 Å². The zero-order chi connectivity index (χ0) is 16.7. The third-order valence-corrected chi connectivity index (χ3v) is 3.84. The van der Waals surface area contributed by atoms with E-state index < -0.39 is 12.1 Å². The Morgan fingerprint density at radius 1 is 1.33 bits per heavy atom. The number of anilines is 1. The van der Waals surface area contributed by atoms with Crippen LogP contribution in [0.4, 0.5) is 10.5 Å². The lowest BCUT2D eigenvalue weighted by molar-refractivity contribution is -0.116. The van der Waals surface area contributed by atoms with E-state index in [1.54, 1.807) is 6.07 Å². The van der Waals surface area contributed by atoms with Crippen LogP contribution in [0.3, 0.4) is 0 Å². The lowest BCUT2D eigenvalue weighted by atomic mass is 9.96. The number of fused-ring (bicyclic) bond motifs is 2. The number of hydrogen-bond donors (Lipinski definition) is 1. The fourth-order valence-corrected chi connectivity index (χ4v) is 2.82. The first kappa shape index (κ1) is 14.2. The topological polar surface area (TPSA) is 94.8 Å². The van der Waals surface area contributed by atoms with Crippen LogP contribution >= 0.6 is 0 Å². The van der Waals surface area contributed by atoms with Gasteiger partial charge in [-0.15, -0.1) is 0 Å². The molecule has 120 valence electrons. The maximum Gasteiger partial charge on any atom is 0.513 e. The Kier molecular flexibility index (Phi) is 3.16. The van der Waals surface area contributed by atoms with Gasteiger partial charge in [0, 0.05) is 11.8 Å². The average molecular weight is 324 g/mol. The van der Waals surface area contributed by atoms with E-state index in [9.17, 15) is 9.59 Å². The van der Waals surface area contributed by atoms with E-state index >= 15 is 0 Å². The second kappa shape index (κ2) is 5.34. The Hall–Kier alpha value is -3.42. The van der Waals surface area contributed by atoms with Gasteiger partial charge in [0.15, 0.2) is 5.75 Å². The van der Waals surface area contributed by atoms with Crippen molar-refractivity contribution < 1.29 is 19.1 Å². The summed E-state index contributed by atoms with van der Waals surface area (Å²) in [4.78, 5) is 28.0. The monoisotopic (exact) mass is 324 g/mol. The molecule has 1 atom stereocenters. The minimum atomic E-state index is -0.829. The van der Waals surface area contributed by atoms with Crippen molar-refractivity contribution in [3.05, 3.63) is 54.1 Å². The maximum absolute atomic E-state index is 12.4. The fourth-order valence-electron chi connectivity index (χ4n) is 2.82. The molecule has 0 aliphatic carbocycles. The molecule has 1 unspecified atom stereocenters. The molecule has 0 radical (unpaired) electrons. The first-order valence-electron chi connectivity index (χ1n) is 7.16. The Balaban J connectivity index is 1.82. The second-order valence-electron chi connectivity index (χ2n) is 5.22. The zero-order valence-electron chi connectivity index (χ0n) is 12.6. The number of rotatable bonds is 2. The predicted octanol–water partition coefficient (Wildman–Crippen LogP) is 1.96. The van der Waals surface area contributed by atoms with Crippen molar-refractivity contribution in [2.24, 2.45) is 0 Å². The van der Waals surface area contributed by atoms with Crippen molar-refractivity contribution in [3.63, 3.8) is 0 Å². The molecule has 3 aromatic rings. The number of carbonyl (C=O) groups is 2. The molecule has 2 aromatic heterocycles. The molecule has 4 rings (SSSR count). The molecule has 3 heterocycles. The summed E-state index contributed by atoms with van der Waals surface area (Å²) >= 11 is 0. The van der Waals surface area contributed by atoms with Crippen LogP contribution in [0.15, 0.2) is 42.9 Å². The summed E-state index contributed by atoms with van der Waals surface area (Å²) in [5, 5.41) is 6.93. The van der Waals surface area contributed by atoms with Crippen molar-refractivity contribution >= 4 is 23.3 Å². The van der Waals surface area contributed by atoms with Crippen molar-refractivity contribution in [2.45, 2.75) is 5.92 Å². The van der Waals surface area contributed by atoms with Gasteiger partial charge in [-0.2, -0.15) is 5.10 Å². The van der Waals surface area contributed by atoms with Crippen molar-refractivity contribution in [1.29, 1.82) is 0 Å². The number of para-hydroxylation sites is 1. The number of aromatic nitrogens is 3. The third-order valence-electron chi connectivity index (χ3n) is 3.84. The van der Waals surface area contributed by atoms with Gasteiger partial charge in [0.05, 0.1) is 24.5 Å². The van der Waals surface area contributed by atoms with E-state index in [-0.39, 0.29) is 11.7 Å². The lowest BCUT2D eigenvalue weighted by Gasteiger charge is -2.09. The molecular weight excluding hydrogens is 312 g/mol. The van der Waals surface area contributed by atoms with E-state index in [2.05, 4.69) is 20.1 Å². The zero-order valence-corrected chi connectivity index (χ0v) is 12.6. The number of carbonyl (C=O) groups excluding carboxylic acids is 2. The summed E-state index contributed by atoms with van der Waals surface area (Å²) in [6.07, 6.45) is 2.05. The summed E-state index contributed by atoms with van der Waals surface area (Å²) in [5.41, 5.74) is 2.72. The molecule has 1 aromatic carbocycles. The van der Waals surface area contributed by atoms with E-state index in [4.69, 9.17) is 4.74 Å². The van der Waals surface area contributed by atoms with Crippen LogP contribution in [0.25, 0.3) is 5.52 Å². The molecule has 1 amide bonds. The summed E-state index contributed by atoms with van der Waals surface area (Å²) in [6.45, 7) is 0. The van der Waals surface area contributed by atoms with Crippen LogP contribution in [-0.2, 0) is 9.53 Å². The molecular formula is C16H12N4O4. The molecule has 1 aliphatic rings. The molecule has 0 saturated carbocycles. The van der Waals surface area contributed by atoms with E-state index in [0.717, 1.165) is 11.3 Å². The first-order valence-corrected chi connectivity index (χ1v) is 7.16. The number of nitrogens with one attached hydrogen (secondary N) is 1.